The van der Waals surface area contributed by atoms with Crippen molar-refractivity contribution in [1.82, 2.24) is 9.80 Å². The molecule has 0 atom stereocenters. The lowest BCUT2D eigenvalue weighted by Crippen LogP contribution is -2.47. The fraction of sp³-hybridized carbons (Fsp3) is 0.500. The predicted octanol–water partition coefficient (Wildman–Crippen LogP) is 3.12. The van der Waals surface area contributed by atoms with E-state index in [4.69, 9.17) is 0 Å². The van der Waals surface area contributed by atoms with Crippen molar-refractivity contribution in [3.05, 3.63) is 42.0 Å². The van der Waals surface area contributed by atoms with Gasteiger partial charge < -0.3 is 9.80 Å². The van der Waals surface area contributed by atoms with Crippen molar-refractivity contribution >= 4 is 11.6 Å². The van der Waals surface area contributed by atoms with Gasteiger partial charge in [0.05, 0.1) is 0 Å². The smallest absolute Gasteiger partial charge is 0.219 e. The van der Waals surface area contributed by atoms with Crippen LogP contribution in [0.2, 0.25) is 0 Å². The van der Waals surface area contributed by atoms with E-state index in [9.17, 15) is 4.79 Å². The Balaban J connectivity index is 2.03. The largest absolute Gasteiger partial charge is 0.368 e. The van der Waals surface area contributed by atoms with Crippen molar-refractivity contribution in [2.45, 2.75) is 33.1 Å². The van der Waals surface area contributed by atoms with Crippen molar-refractivity contribution < 1.29 is 4.79 Å². The van der Waals surface area contributed by atoms with E-state index in [0.29, 0.717) is 0 Å². The van der Waals surface area contributed by atoms with Crippen LogP contribution in [-0.4, -0.2) is 41.9 Å². The average molecular weight is 286 g/mol. The van der Waals surface area contributed by atoms with Crippen molar-refractivity contribution in [3.63, 3.8) is 0 Å². The average Bonchev–Trinajstić information content (AvgIpc) is 2.46. The van der Waals surface area contributed by atoms with Crippen molar-refractivity contribution in [2.24, 2.45) is 0 Å². The molecule has 1 amide bonds. The molecular formula is C18H26N2O. The van der Waals surface area contributed by atoms with Gasteiger partial charge in [-0.05, 0) is 16.5 Å². The van der Waals surface area contributed by atoms with Gasteiger partial charge in [0.1, 0.15) is 0 Å². The molecule has 3 nitrogen and oxygen atoms in total. The van der Waals surface area contributed by atoms with Gasteiger partial charge in [0.2, 0.25) is 5.91 Å². The fourth-order valence-corrected chi connectivity index (χ4v) is 2.64. The molecule has 114 valence electrons. The number of benzene rings is 1. The summed E-state index contributed by atoms with van der Waals surface area (Å²) in [4.78, 5) is 15.5. The van der Waals surface area contributed by atoms with E-state index in [2.05, 4.69) is 56.5 Å². The second kappa shape index (κ2) is 5.92. The summed E-state index contributed by atoms with van der Waals surface area (Å²) in [5.74, 6) is 0.162. The first kappa shape index (κ1) is 15.6. The molecule has 0 saturated carbocycles. The number of rotatable bonds is 2. The molecule has 0 N–H and O–H groups in total. The molecule has 1 aliphatic rings. The highest BCUT2D eigenvalue weighted by Crippen LogP contribution is 2.25. The third kappa shape index (κ3) is 3.66. The molecule has 0 radical (unpaired) electrons. The van der Waals surface area contributed by atoms with Crippen LogP contribution < -0.4 is 0 Å². The normalized spacial score (nSPS) is 16.0. The Morgan fingerprint density at radius 2 is 1.48 bits per heavy atom. The van der Waals surface area contributed by atoms with E-state index in [1.54, 1.807) is 6.92 Å². The zero-order chi connectivity index (χ0) is 15.6. The van der Waals surface area contributed by atoms with Crippen LogP contribution in [0, 0.1) is 0 Å². The van der Waals surface area contributed by atoms with Gasteiger partial charge in [-0.1, -0.05) is 51.6 Å². The second-order valence-electron chi connectivity index (χ2n) is 6.77. The summed E-state index contributed by atoms with van der Waals surface area (Å²) in [5, 5.41) is 0. The lowest BCUT2D eigenvalue weighted by atomic mass is 9.86. The summed E-state index contributed by atoms with van der Waals surface area (Å²) in [7, 11) is 0. The Morgan fingerprint density at radius 3 is 1.90 bits per heavy atom. The van der Waals surface area contributed by atoms with Crippen LogP contribution in [0.3, 0.4) is 0 Å². The second-order valence-corrected chi connectivity index (χ2v) is 6.77. The standard InChI is InChI=1S/C18H26N2O/c1-14(19-10-12-20(13-11-19)15(2)21)16-6-8-17(9-7-16)18(3,4)5/h6-9H,1,10-13H2,2-5H3. The predicted molar refractivity (Wildman–Crippen MR) is 88.0 cm³/mol. The molecule has 1 aromatic rings. The Kier molecular flexibility index (Phi) is 4.40. The number of carbonyl (C=O) groups excluding carboxylic acids is 1. The van der Waals surface area contributed by atoms with Gasteiger partial charge in [0, 0.05) is 38.8 Å². The lowest BCUT2D eigenvalue weighted by Gasteiger charge is -2.36. The van der Waals surface area contributed by atoms with Gasteiger partial charge in [-0.25, -0.2) is 0 Å². The van der Waals surface area contributed by atoms with E-state index in [1.807, 2.05) is 4.90 Å². The molecule has 1 aliphatic heterocycles. The minimum atomic E-state index is 0.162. The fourth-order valence-electron chi connectivity index (χ4n) is 2.64. The highest BCUT2D eigenvalue weighted by Gasteiger charge is 2.20. The number of carbonyl (C=O) groups is 1. The van der Waals surface area contributed by atoms with Gasteiger partial charge in [0.15, 0.2) is 0 Å². The van der Waals surface area contributed by atoms with Crippen LogP contribution in [0.1, 0.15) is 38.8 Å². The summed E-state index contributed by atoms with van der Waals surface area (Å²) in [6.07, 6.45) is 0. The van der Waals surface area contributed by atoms with Crippen molar-refractivity contribution in [2.75, 3.05) is 26.2 Å². The van der Waals surface area contributed by atoms with Crippen LogP contribution in [-0.2, 0) is 10.2 Å². The van der Waals surface area contributed by atoms with E-state index in [-0.39, 0.29) is 11.3 Å². The highest BCUT2D eigenvalue weighted by atomic mass is 16.2. The Hall–Kier alpha value is -1.77. The van der Waals surface area contributed by atoms with E-state index >= 15 is 0 Å². The maximum absolute atomic E-state index is 11.4. The maximum atomic E-state index is 11.4. The molecular weight excluding hydrogens is 260 g/mol. The van der Waals surface area contributed by atoms with Gasteiger partial charge in [0.25, 0.3) is 0 Å². The maximum Gasteiger partial charge on any atom is 0.219 e. The summed E-state index contributed by atoms with van der Waals surface area (Å²) in [5.41, 5.74) is 3.73. The van der Waals surface area contributed by atoms with Crippen LogP contribution in [0.5, 0.6) is 0 Å². The third-order valence-electron chi connectivity index (χ3n) is 4.19. The van der Waals surface area contributed by atoms with Crippen LogP contribution in [0.4, 0.5) is 0 Å². The molecule has 2 rings (SSSR count). The van der Waals surface area contributed by atoms with Crippen LogP contribution in [0.25, 0.3) is 5.70 Å². The number of nitrogens with zero attached hydrogens (tertiary/aromatic N) is 2. The zero-order valence-electron chi connectivity index (χ0n) is 13.6. The molecule has 1 aromatic carbocycles. The summed E-state index contributed by atoms with van der Waals surface area (Å²) < 4.78 is 0. The summed E-state index contributed by atoms with van der Waals surface area (Å²) in [6, 6.07) is 8.68. The van der Waals surface area contributed by atoms with Crippen molar-refractivity contribution in [3.8, 4) is 0 Å². The van der Waals surface area contributed by atoms with Crippen LogP contribution in [0.15, 0.2) is 30.8 Å². The van der Waals surface area contributed by atoms with Crippen molar-refractivity contribution in [1.29, 1.82) is 0 Å². The summed E-state index contributed by atoms with van der Waals surface area (Å²) >= 11 is 0. The molecule has 3 heteroatoms. The zero-order valence-corrected chi connectivity index (χ0v) is 13.6. The topological polar surface area (TPSA) is 23.6 Å². The molecule has 0 aromatic heterocycles. The monoisotopic (exact) mass is 286 g/mol. The summed E-state index contributed by atoms with van der Waals surface area (Å²) in [6.45, 7) is 15.8. The first-order valence-corrected chi connectivity index (χ1v) is 7.59. The molecule has 1 heterocycles. The molecule has 1 fully saturated rings. The minimum Gasteiger partial charge on any atom is -0.368 e. The quantitative estimate of drug-likeness (QED) is 0.834. The Labute approximate surface area is 128 Å². The minimum absolute atomic E-state index is 0.162. The Bertz CT molecular complexity index is 517. The number of piperazine rings is 1. The Morgan fingerprint density at radius 1 is 1.00 bits per heavy atom. The van der Waals surface area contributed by atoms with Gasteiger partial charge in [-0.3, -0.25) is 4.79 Å². The van der Waals surface area contributed by atoms with Gasteiger partial charge in [-0.15, -0.1) is 0 Å². The van der Waals surface area contributed by atoms with E-state index in [0.717, 1.165) is 31.9 Å². The first-order chi connectivity index (χ1) is 9.79. The molecule has 0 aliphatic carbocycles. The number of amides is 1. The SMILES string of the molecule is C=C(c1ccc(C(C)(C)C)cc1)N1CCN(C(C)=O)CC1. The van der Waals surface area contributed by atoms with Gasteiger partial charge >= 0.3 is 0 Å². The molecule has 0 unspecified atom stereocenters. The van der Waals surface area contributed by atoms with E-state index in [1.165, 1.54) is 11.1 Å². The molecule has 0 spiro atoms. The molecule has 0 bridgehead atoms. The number of hydrogen-bond acceptors (Lipinski definition) is 2. The van der Waals surface area contributed by atoms with Crippen LogP contribution >= 0.6 is 0 Å². The number of hydrogen-bond donors (Lipinski definition) is 0. The van der Waals surface area contributed by atoms with E-state index < -0.39 is 0 Å². The van der Waals surface area contributed by atoms with Gasteiger partial charge in [-0.2, -0.15) is 0 Å². The third-order valence-corrected chi connectivity index (χ3v) is 4.19. The highest BCUT2D eigenvalue weighted by molar-refractivity contribution is 5.73. The molecule has 21 heavy (non-hydrogen) atoms. The first-order valence-electron chi connectivity index (χ1n) is 7.59. The molecule has 1 saturated heterocycles. The lowest BCUT2D eigenvalue weighted by molar-refractivity contribution is -0.130.